The summed E-state index contributed by atoms with van der Waals surface area (Å²) < 4.78 is 10.4. The topological polar surface area (TPSA) is 52.6 Å². The van der Waals surface area contributed by atoms with E-state index in [9.17, 15) is 9.59 Å². The lowest BCUT2D eigenvalue weighted by Crippen LogP contribution is -2.15. The highest BCUT2D eigenvalue weighted by atomic mass is 16.6. The highest BCUT2D eigenvalue weighted by Gasteiger charge is 2.39. The van der Waals surface area contributed by atoms with E-state index in [0.717, 1.165) is 25.7 Å². The van der Waals surface area contributed by atoms with Gasteiger partial charge in [-0.2, -0.15) is 0 Å². The lowest BCUT2D eigenvalue weighted by molar-refractivity contribution is -0.139. The molecule has 2 unspecified atom stereocenters. The summed E-state index contributed by atoms with van der Waals surface area (Å²) in [7, 11) is 0. The molecule has 0 bridgehead atoms. The molecule has 4 heteroatoms. The predicted octanol–water partition coefficient (Wildman–Crippen LogP) is 3.13. The zero-order valence-electron chi connectivity index (χ0n) is 11.9. The molecule has 0 N–H and O–H groups in total. The first-order valence-corrected chi connectivity index (χ1v) is 6.74. The Hall–Kier alpha value is -1.58. The monoisotopic (exact) mass is 266 g/mol. The van der Waals surface area contributed by atoms with Crippen molar-refractivity contribution in [1.29, 1.82) is 0 Å². The molecule has 19 heavy (non-hydrogen) atoms. The summed E-state index contributed by atoms with van der Waals surface area (Å²) in [6, 6.07) is 0. The van der Waals surface area contributed by atoms with Gasteiger partial charge in [0, 0.05) is 12.8 Å². The van der Waals surface area contributed by atoms with Crippen molar-refractivity contribution < 1.29 is 19.1 Å². The first-order chi connectivity index (χ1) is 9.01. The van der Waals surface area contributed by atoms with E-state index in [2.05, 4.69) is 13.5 Å². The van der Waals surface area contributed by atoms with Gasteiger partial charge in [0.2, 0.25) is 0 Å². The molecule has 4 nitrogen and oxygen atoms in total. The largest absolute Gasteiger partial charge is 0.458 e. The van der Waals surface area contributed by atoms with Crippen LogP contribution in [0.2, 0.25) is 0 Å². The number of cyclic esters (lactones) is 1. The van der Waals surface area contributed by atoms with E-state index in [4.69, 9.17) is 9.47 Å². The molecule has 0 aromatic heterocycles. The number of carbonyl (C=O) groups is 2. The van der Waals surface area contributed by atoms with Gasteiger partial charge in [-0.15, -0.1) is 6.58 Å². The van der Waals surface area contributed by atoms with Crippen molar-refractivity contribution >= 4 is 11.9 Å². The zero-order chi connectivity index (χ0) is 14.4. The number of unbranched alkanes of at least 4 members (excludes halogenated alkanes) is 2. The van der Waals surface area contributed by atoms with E-state index >= 15 is 0 Å². The molecule has 0 aromatic carbocycles. The highest BCUT2D eigenvalue weighted by molar-refractivity contribution is 5.93. The van der Waals surface area contributed by atoms with Crippen LogP contribution in [-0.4, -0.2) is 18.0 Å². The van der Waals surface area contributed by atoms with Crippen LogP contribution in [0.25, 0.3) is 0 Å². The van der Waals surface area contributed by atoms with E-state index in [1.54, 1.807) is 13.0 Å². The van der Waals surface area contributed by atoms with Gasteiger partial charge in [-0.05, 0) is 19.8 Å². The Morgan fingerprint density at radius 1 is 1.42 bits per heavy atom. The number of allylic oxidation sites excluding steroid dienone is 1. The maximum atomic E-state index is 11.9. The maximum absolute atomic E-state index is 11.9. The van der Waals surface area contributed by atoms with Gasteiger partial charge in [-0.1, -0.05) is 25.8 Å². The minimum Gasteiger partial charge on any atom is -0.458 e. The second-order valence-electron chi connectivity index (χ2n) is 4.76. The van der Waals surface area contributed by atoms with Gasteiger partial charge < -0.3 is 9.47 Å². The van der Waals surface area contributed by atoms with Crippen LogP contribution in [0.5, 0.6) is 0 Å². The summed E-state index contributed by atoms with van der Waals surface area (Å²) in [5.74, 6) is -0.704. The van der Waals surface area contributed by atoms with Crippen LogP contribution in [0.3, 0.4) is 0 Å². The van der Waals surface area contributed by atoms with E-state index in [1.165, 1.54) is 6.92 Å². The zero-order valence-corrected chi connectivity index (χ0v) is 11.9. The Morgan fingerprint density at radius 2 is 2.11 bits per heavy atom. The molecule has 1 aliphatic rings. The van der Waals surface area contributed by atoms with Crippen LogP contribution < -0.4 is 0 Å². The quantitative estimate of drug-likeness (QED) is 0.244. The second-order valence-corrected chi connectivity index (χ2v) is 4.76. The van der Waals surface area contributed by atoms with Crippen molar-refractivity contribution in [3.63, 3.8) is 0 Å². The average molecular weight is 266 g/mol. The Bertz CT molecular complexity index is 395. The van der Waals surface area contributed by atoms with E-state index in [0.29, 0.717) is 11.3 Å². The molecular formula is C15H22O4. The fourth-order valence-electron chi connectivity index (χ4n) is 2.35. The number of hydrogen-bond acceptors (Lipinski definition) is 4. The lowest BCUT2D eigenvalue weighted by Gasteiger charge is -2.14. The Balaban J connectivity index is 2.85. The van der Waals surface area contributed by atoms with Gasteiger partial charge in [0.25, 0.3) is 0 Å². The summed E-state index contributed by atoms with van der Waals surface area (Å²) in [6.45, 7) is 8.81. The predicted molar refractivity (Wildman–Crippen MR) is 72.2 cm³/mol. The Morgan fingerprint density at radius 3 is 2.63 bits per heavy atom. The number of hydrogen-bond donors (Lipinski definition) is 0. The Labute approximate surface area is 114 Å². The minimum atomic E-state index is -0.435. The number of ether oxygens (including phenoxy) is 2. The molecule has 106 valence electrons. The summed E-state index contributed by atoms with van der Waals surface area (Å²) in [6.07, 6.45) is 5.57. The molecule has 0 saturated carbocycles. The van der Waals surface area contributed by atoms with Crippen molar-refractivity contribution in [3.05, 3.63) is 24.0 Å². The first-order valence-electron chi connectivity index (χ1n) is 6.74. The fourth-order valence-corrected chi connectivity index (χ4v) is 2.35. The van der Waals surface area contributed by atoms with Crippen molar-refractivity contribution in [3.8, 4) is 0 Å². The van der Waals surface area contributed by atoms with Crippen LogP contribution in [0.4, 0.5) is 0 Å². The van der Waals surface area contributed by atoms with Crippen LogP contribution in [0.15, 0.2) is 24.0 Å². The van der Waals surface area contributed by atoms with Crippen molar-refractivity contribution in [1.82, 2.24) is 0 Å². The molecule has 1 aliphatic heterocycles. The van der Waals surface area contributed by atoms with E-state index in [1.807, 2.05) is 0 Å². The molecule has 1 rings (SSSR count). The van der Waals surface area contributed by atoms with Crippen LogP contribution in [0, 0.1) is 5.92 Å². The van der Waals surface area contributed by atoms with Crippen molar-refractivity contribution in [2.45, 2.75) is 52.6 Å². The average Bonchev–Trinajstić information content (AvgIpc) is 2.64. The van der Waals surface area contributed by atoms with Gasteiger partial charge in [0.1, 0.15) is 11.9 Å². The standard InChI is InChI=1S/C15H22O4/c1-5-7-8-9-13-12(6-2)14(15(17)19-13)10(3)18-11(4)16/h6,12-13H,2,5,7-9H2,1,3-4H3/b14-10-. The van der Waals surface area contributed by atoms with Crippen molar-refractivity contribution in [2.75, 3.05) is 0 Å². The molecule has 0 aromatic rings. The third kappa shape index (κ3) is 3.94. The molecule has 2 atom stereocenters. The summed E-state index contributed by atoms with van der Waals surface area (Å²) in [5, 5.41) is 0. The smallest absolute Gasteiger partial charge is 0.338 e. The number of rotatable bonds is 6. The van der Waals surface area contributed by atoms with Gasteiger partial charge in [0.05, 0.1) is 5.57 Å². The molecule has 1 fully saturated rings. The third-order valence-corrected chi connectivity index (χ3v) is 3.23. The molecule has 0 radical (unpaired) electrons. The molecule has 0 amide bonds. The molecular weight excluding hydrogens is 244 g/mol. The molecule has 1 heterocycles. The highest BCUT2D eigenvalue weighted by Crippen LogP contribution is 2.34. The Kier molecular flexibility index (Phi) is 5.80. The van der Waals surface area contributed by atoms with E-state index in [-0.39, 0.29) is 12.0 Å². The molecule has 0 spiro atoms. The van der Waals surface area contributed by atoms with Crippen molar-refractivity contribution in [2.24, 2.45) is 5.92 Å². The summed E-state index contributed by atoms with van der Waals surface area (Å²) in [5.41, 5.74) is 0.423. The van der Waals surface area contributed by atoms with Gasteiger partial charge in [-0.25, -0.2) is 4.79 Å². The SMILES string of the molecule is C=CC1/C(=C(\C)OC(C)=O)C(=O)OC1CCCCC. The van der Waals surface area contributed by atoms with Crippen LogP contribution >= 0.6 is 0 Å². The number of carbonyl (C=O) groups excluding carboxylic acids is 2. The van der Waals surface area contributed by atoms with Gasteiger partial charge in [-0.3, -0.25) is 4.79 Å². The number of esters is 2. The summed E-state index contributed by atoms with van der Waals surface area (Å²) >= 11 is 0. The van der Waals surface area contributed by atoms with Gasteiger partial charge in [0.15, 0.2) is 0 Å². The van der Waals surface area contributed by atoms with Crippen LogP contribution in [-0.2, 0) is 19.1 Å². The molecule has 1 saturated heterocycles. The van der Waals surface area contributed by atoms with E-state index < -0.39 is 11.9 Å². The lowest BCUT2D eigenvalue weighted by atomic mass is 9.92. The summed E-state index contributed by atoms with van der Waals surface area (Å²) in [4.78, 5) is 22.9. The first kappa shape index (κ1) is 15.5. The van der Waals surface area contributed by atoms with Gasteiger partial charge >= 0.3 is 11.9 Å². The second kappa shape index (κ2) is 7.12. The third-order valence-electron chi connectivity index (χ3n) is 3.23. The molecule has 0 aliphatic carbocycles. The normalized spacial score (nSPS) is 24.9. The van der Waals surface area contributed by atoms with Crippen LogP contribution in [0.1, 0.15) is 46.5 Å². The fraction of sp³-hybridized carbons (Fsp3) is 0.600. The maximum Gasteiger partial charge on any atom is 0.338 e. The minimum absolute atomic E-state index is 0.183.